The maximum Gasteiger partial charge on any atom is 0.0351 e. The maximum absolute atomic E-state index is 2.69. The second kappa shape index (κ2) is 8.69. The number of benzene rings is 2. The lowest BCUT2D eigenvalue weighted by Gasteiger charge is -2.35. The van der Waals surface area contributed by atoms with E-state index in [4.69, 9.17) is 0 Å². The van der Waals surface area contributed by atoms with Gasteiger partial charge in [0.15, 0.2) is 0 Å². The molecule has 23 heavy (non-hydrogen) atoms. The van der Waals surface area contributed by atoms with Gasteiger partial charge in [-0.25, -0.2) is 0 Å². The Morgan fingerprint density at radius 3 is 2.17 bits per heavy atom. The highest BCUT2D eigenvalue weighted by Gasteiger charge is 2.21. The van der Waals surface area contributed by atoms with Crippen molar-refractivity contribution in [1.29, 1.82) is 0 Å². The third-order valence-corrected chi connectivity index (χ3v) is 4.73. The van der Waals surface area contributed by atoms with Crippen molar-refractivity contribution in [2.45, 2.75) is 38.1 Å². The Balaban J connectivity index is 1.63. The zero-order valence-electron chi connectivity index (χ0n) is 13.9. The van der Waals surface area contributed by atoms with Crippen LogP contribution in [0.4, 0.5) is 0 Å². The van der Waals surface area contributed by atoms with Crippen LogP contribution in [0.1, 0.15) is 49.3 Å². The summed E-state index contributed by atoms with van der Waals surface area (Å²) in [6.45, 7) is 2.50. The molecule has 3 rings (SSSR count). The Hall–Kier alpha value is -1.86. The Morgan fingerprint density at radius 2 is 1.48 bits per heavy atom. The first kappa shape index (κ1) is 16.0. The third kappa shape index (κ3) is 4.80. The monoisotopic (exact) mass is 305 g/mol. The molecule has 120 valence electrons. The Bertz CT molecular complexity index is 582. The van der Waals surface area contributed by atoms with Crippen LogP contribution in [0.2, 0.25) is 0 Å². The van der Waals surface area contributed by atoms with Gasteiger partial charge in [-0.1, -0.05) is 79.2 Å². The van der Waals surface area contributed by atoms with Crippen LogP contribution < -0.4 is 0 Å². The van der Waals surface area contributed by atoms with E-state index in [0.717, 1.165) is 6.42 Å². The molecule has 1 fully saturated rings. The number of hydrogen-bond donors (Lipinski definition) is 0. The standard InChI is InChI=1S/C22H27N/c1-4-12-20(13-5-1)14-8-9-17-22(21-15-6-2-7-16-21)23-18-10-3-11-19-23/h1-2,4-8,12-16,22H,3,9-11,17-19H2/b14-8+. The third-order valence-electron chi connectivity index (χ3n) is 4.73. The summed E-state index contributed by atoms with van der Waals surface area (Å²) in [5.41, 5.74) is 2.77. The molecular formula is C22H27N. The summed E-state index contributed by atoms with van der Waals surface area (Å²) in [5.74, 6) is 0. The Labute approximate surface area is 140 Å². The highest BCUT2D eigenvalue weighted by Crippen LogP contribution is 2.28. The molecule has 1 atom stereocenters. The molecule has 0 amide bonds. The molecular weight excluding hydrogens is 278 g/mol. The van der Waals surface area contributed by atoms with Crippen molar-refractivity contribution in [3.8, 4) is 0 Å². The van der Waals surface area contributed by atoms with Crippen molar-refractivity contribution in [2.75, 3.05) is 13.1 Å². The van der Waals surface area contributed by atoms with Crippen LogP contribution in [-0.2, 0) is 0 Å². The molecule has 1 nitrogen and oxygen atoms in total. The van der Waals surface area contributed by atoms with E-state index in [9.17, 15) is 0 Å². The van der Waals surface area contributed by atoms with E-state index in [1.165, 1.54) is 49.9 Å². The van der Waals surface area contributed by atoms with Gasteiger partial charge < -0.3 is 0 Å². The zero-order chi connectivity index (χ0) is 15.7. The summed E-state index contributed by atoms with van der Waals surface area (Å²) in [7, 11) is 0. The molecule has 1 heterocycles. The number of piperidine rings is 1. The average molecular weight is 305 g/mol. The average Bonchev–Trinajstić information content (AvgIpc) is 2.64. The minimum Gasteiger partial charge on any atom is -0.296 e. The van der Waals surface area contributed by atoms with Crippen LogP contribution in [0.25, 0.3) is 6.08 Å². The zero-order valence-corrected chi connectivity index (χ0v) is 13.9. The minimum atomic E-state index is 0.567. The predicted molar refractivity (Wildman–Crippen MR) is 99.3 cm³/mol. The number of allylic oxidation sites excluding steroid dienone is 1. The number of likely N-dealkylation sites (tertiary alicyclic amines) is 1. The summed E-state index contributed by atoms with van der Waals surface area (Å²) in [6.07, 6.45) is 11.0. The fourth-order valence-electron chi connectivity index (χ4n) is 3.50. The molecule has 1 heteroatoms. The topological polar surface area (TPSA) is 3.24 Å². The van der Waals surface area contributed by atoms with E-state index in [2.05, 4.69) is 77.7 Å². The lowest BCUT2D eigenvalue weighted by molar-refractivity contribution is 0.156. The molecule has 0 saturated carbocycles. The van der Waals surface area contributed by atoms with Gasteiger partial charge in [0.25, 0.3) is 0 Å². The van der Waals surface area contributed by atoms with Gasteiger partial charge in [-0.3, -0.25) is 4.90 Å². The summed E-state index contributed by atoms with van der Waals surface area (Å²) in [6, 6.07) is 22.2. The van der Waals surface area contributed by atoms with E-state index >= 15 is 0 Å². The molecule has 2 aromatic rings. The van der Waals surface area contributed by atoms with Crippen LogP contribution in [0.15, 0.2) is 66.7 Å². The van der Waals surface area contributed by atoms with Gasteiger partial charge in [0, 0.05) is 6.04 Å². The van der Waals surface area contributed by atoms with Gasteiger partial charge >= 0.3 is 0 Å². The molecule has 0 bridgehead atoms. The van der Waals surface area contributed by atoms with Crippen molar-refractivity contribution in [3.05, 3.63) is 77.9 Å². The molecule has 0 N–H and O–H groups in total. The van der Waals surface area contributed by atoms with Gasteiger partial charge in [0.1, 0.15) is 0 Å². The first-order valence-electron chi connectivity index (χ1n) is 8.94. The smallest absolute Gasteiger partial charge is 0.0351 e. The lowest BCUT2D eigenvalue weighted by Crippen LogP contribution is -2.33. The van der Waals surface area contributed by atoms with Gasteiger partial charge in [0.05, 0.1) is 0 Å². The van der Waals surface area contributed by atoms with Crippen molar-refractivity contribution >= 4 is 6.08 Å². The van der Waals surface area contributed by atoms with E-state index in [-0.39, 0.29) is 0 Å². The van der Waals surface area contributed by atoms with Gasteiger partial charge in [0.2, 0.25) is 0 Å². The fourth-order valence-corrected chi connectivity index (χ4v) is 3.50. The molecule has 0 spiro atoms. The molecule has 1 aliphatic heterocycles. The van der Waals surface area contributed by atoms with E-state index < -0.39 is 0 Å². The molecule has 0 aliphatic carbocycles. The highest BCUT2D eigenvalue weighted by atomic mass is 15.2. The second-order valence-electron chi connectivity index (χ2n) is 6.41. The summed E-state index contributed by atoms with van der Waals surface area (Å²) in [4.78, 5) is 2.69. The predicted octanol–water partition coefficient (Wildman–Crippen LogP) is 5.71. The van der Waals surface area contributed by atoms with Crippen molar-refractivity contribution in [2.24, 2.45) is 0 Å². The fraction of sp³-hybridized carbons (Fsp3) is 0.364. The molecule has 0 aromatic heterocycles. The number of nitrogens with zero attached hydrogens (tertiary/aromatic N) is 1. The van der Waals surface area contributed by atoms with E-state index in [1.807, 2.05) is 0 Å². The van der Waals surface area contributed by atoms with Crippen LogP contribution >= 0.6 is 0 Å². The number of rotatable bonds is 6. The highest BCUT2D eigenvalue weighted by molar-refractivity contribution is 5.48. The SMILES string of the molecule is C(=C\c1ccccc1)/CCC(c1ccccc1)N1CCCCC1. The summed E-state index contributed by atoms with van der Waals surface area (Å²) >= 11 is 0. The lowest BCUT2D eigenvalue weighted by atomic mass is 9.97. The number of hydrogen-bond acceptors (Lipinski definition) is 1. The van der Waals surface area contributed by atoms with Crippen molar-refractivity contribution in [1.82, 2.24) is 4.90 Å². The van der Waals surface area contributed by atoms with E-state index in [1.54, 1.807) is 0 Å². The van der Waals surface area contributed by atoms with Crippen molar-refractivity contribution in [3.63, 3.8) is 0 Å². The molecule has 1 aliphatic rings. The van der Waals surface area contributed by atoms with Crippen LogP contribution in [0, 0.1) is 0 Å². The first-order chi connectivity index (χ1) is 11.4. The van der Waals surface area contributed by atoms with E-state index in [0.29, 0.717) is 6.04 Å². The van der Waals surface area contributed by atoms with Crippen LogP contribution in [-0.4, -0.2) is 18.0 Å². The summed E-state index contributed by atoms with van der Waals surface area (Å²) in [5, 5.41) is 0. The normalized spacial score (nSPS) is 17.4. The molecule has 0 radical (unpaired) electrons. The van der Waals surface area contributed by atoms with Crippen LogP contribution in [0.5, 0.6) is 0 Å². The second-order valence-corrected chi connectivity index (χ2v) is 6.41. The Kier molecular flexibility index (Phi) is 6.05. The molecule has 2 aromatic carbocycles. The Morgan fingerprint density at radius 1 is 0.826 bits per heavy atom. The minimum absolute atomic E-state index is 0.567. The summed E-state index contributed by atoms with van der Waals surface area (Å²) < 4.78 is 0. The first-order valence-corrected chi connectivity index (χ1v) is 8.94. The maximum atomic E-state index is 2.69. The quantitative estimate of drug-likeness (QED) is 0.661. The van der Waals surface area contributed by atoms with Gasteiger partial charge in [-0.2, -0.15) is 0 Å². The van der Waals surface area contributed by atoms with Crippen molar-refractivity contribution < 1.29 is 0 Å². The molecule has 1 unspecified atom stereocenters. The van der Waals surface area contributed by atoms with Gasteiger partial charge in [-0.05, 0) is 49.9 Å². The van der Waals surface area contributed by atoms with Crippen LogP contribution in [0.3, 0.4) is 0 Å². The van der Waals surface area contributed by atoms with Gasteiger partial charge in [-0.15, -0.1) is 0 Å². The largest absolute Gasteiger partial charge is 0.296 e. The molecule has 1 saturated heterocycles.